The van der Waals surface area contributed by atoms with Gasteiger partial charge in [-0.1, -0.05) is 30.7 Å². The van der Waals surface area contributed by atoms with Gasteiger partial charge in [0.2, 0.25) is 0 Å². The molecule has 3 rings (SSSR count). The Labute approximate surface area is 173 Å². The van der Waals surface area contributed by atoms with Crippen molar-refractivity contribution in [2.24, 2.45) is 0 Å². The molecule has 0 saturated heterocycles. The number of nitriles is 1. The SMILES string of the molecule is CCN1c2ccc(/C=C(\C#N)C(=O)Nc3ccc(C)cc3)cc2C(C)CC1(C)C. The highest BCUT2D eigenvalue weighted by Gasteiger charge is 2.35. The minimum Gasteiger partial charge on any atom is -0.366 e. The van der Waals surface area contributed by atoms with E-state index < -0.39 is 5.91 Å². The van der Waals surface area contributed by atoms with E-state index in [4.69, 9.17) is 0 Å². The van der Waals surface area contributed by atoms with Crippen LogP contribution >= 0.6 is 0 Å². The number of hydrogen-bond acceptors (Lipinski definition) is 3. The van der Waals surface area contributed by atoms with Crippen LogP contribution in [0.1, 0.15) is 56.7 Å². The van der Waals surface area contributed by atoms with Crippen molar-refractivity contribution in [3.05, 3.63) is 64.7 Å². The molecule has 0 aromatic heterocycles. The van der Waals surface area contributed by atoms with Gasteiger partial charge >= 0.3 is 0 Å². The van der Waals surface area contributed by atoms with Gasteiger partial charge in [0, 0.05) is 23.5 Å². The summed E-state index contributed by atoms with van der Waals surface area (Å²) >= 11 is 0. The summed E-state index contributed by atoms with van der Waals surface area (Å²) < 4.78 is 0. The van der Waals surface area contributed by atoms with E-state index >= 15 is 0 Å². The number of aryl methyl sites for hydroxylation is 1. The van der Waals surface area contributed by atoms with E-state index in [9.17, 15) is 10.1 Å². The Morgan fingerprint density at radius 1 is 1.28 bits per heavy atom. The fourth-order valence-electron chi connectivity index (χ4n) is 4.35. The summed E-state index contributed by atoms with van der Waals surface area (Å²) in [6, 6.07) is 15.8. The van der Waals surface area contributed by atoms with Gasteiger partial charge < -0.3 is 10.2 Å². The van der Waals surface area contributed by atoms with Crippen LogP contribution in [0.4, 0.5) is 11.4 Å². The van der Waals surface area contributed by atoms with Gasteiger partial charge in [0.05, 0.1) is 0 Å². The first-order valence-electron chi connectivity index (χ1n) is 10.2. The Balaban J connectivity index is 1.89. The largest absolute Gasteiger partial charge is 0.366 e. The molecule has 2 aromatic rings. The number of fused-ring (bicyclic) bond motifs is 1. The van der Waals surface area contributed by atoms with Gasteiger partial charge in [-0.2, -0.15) is 5.26 Å². The highest BCUT2D eigenvalue weighted by molar-refractivity contribution is 6.09. The zero-order valence-electron chi connectivity index (χ0n) is 17.9. The molecule has 1 unspecified atom stereocenters. The number of amides is 1. The molecule has 0 fully saturated rings. The summed E-state index contributed by atoms with van der Waals surface area (Å²) in [4.78, 5) is 15.0. The van der Waals surface area contributed by atoms with Crippen LogP contribution in [-0.4, -0.2) is 18.0 Å². The van der Waals surface area contributed by atoms with Gasteiger partial charge in [-0.05, 0) is 81.5 Å². The first-order chi connectivity index (χ1) is 13.7. The summed E-state index contributed by atoms with van der Waals surface area (Å²) in [6.45, 7) is 11.9. The summed E-state index contributed by atoms with van der Waals surface area (Å²) in [7, 11) is 0. The molecule has 1 aliphatic rings. The second kappa shape index (κ2) is 8.13. The molecule has 1 aliphatic heterocycles. The van der Waals surface area contributed by atoms with Crippen molar-refractivity contribution in [1.29, 1.82) is 5.26 Å². The number of nitrogens with one attached hydrogen (secondary N) is 1. The fourth-order valence-corrected chi connectivity index (χ4v) is 4.35. The number of nitrogens with zero attached hydrogens (tertiary/aromatic N) is 2. The molecule has 4 nitrogen and oxygen atoms in total. The first-order valence-corrected chi connectivity index (χ1v) is 10.2. The third-order valence-corrected chi connectivity index (χ3v) is 5.71. The Morgan fingerprint density at radius 2 is 1.97 bits per heavy atom. The van der Waals surface area contributed by atoms with Crippen LogP contribution in [0.25, 0.3) is 6.08 Å². The van der Waals surface area contributed by atoms with Crippen LogP contribution < -0.4 is 10.2 Å². The number of hydrogen-bond donors (Lipinski definition) is 1. The molecule has 29 heavy (non-hydrogen) atoms. The average Bonchev–Trinajstić information content (AvgIpc) is 2.67. The van der Waals surface area contributed by atoms with Crippen molar-refractivity contribution in [1.82, 2.24) is 0 Å². The monoisotopic (exact) mass is 387 g/mol. The topological polar surface area (TPSA) is 56.1 Å². The van der Waals surface area contributed by atoms with E-state index in [0.29, 0.717) is 11.6 Å². The van der Waals surface area contributed by atoms with E-state index in [1.807, 2.05) is 43.3 Å². The van der Waals surface area contributed by atoms with Gasteiger partial charge in [-0.15, -0.1) is 0 Å². The predicted octanol–water partition coefficient (Wildman–Crippen LogP) is 5.65. The van der Waals surface area contributed by atoms with Gasteiger partial charge in [-0.25, -0.2) is 0 Å². The lowest BCUT2D eigenvalue weighted by atomic mass is 9.79. The van der Waals surface area contributed by atoms with Crippen molar-refractivity contribution < 1.29 is 4.79 Å². The molecule has 1 atom stereocenters. The van der Waals surface area contributed by atoms with Crippen LogP contribution in [0, 0.1) is 18.3 Å². The number of carbonyl (C=O) groups excluding carboxylic acids is 1. The van der Waals surface area contributed by atoms with E-state index in [1.54, 1.807) is 6.08 Å². The number of rotatable bonds is 4. The van der Waals surface area contributed by atoms with Crippen LogP contribution in [0.5, 0.6) is 0 Å². The molecular formula is C25H29N3O. The lowest BCUT2D eigenvalue weighted by Crippen LogP contribution is -2.48. The number of carbonyl (C=O) groups is 1. The maximum Gasteiger partial charge on any atom is 0.266 e. The summed E-state index contributed by atoms with van der Waals surface area (Å²) in [5.74, 6) is 0.0292. The predicted molar refractivity (Wildman–Crippen MR) is 120 cm³/mol. The number of anilines is 2. The van der Waals surface area contributed by atoms with Crippen molar-refractivity contribution >= 4 is 23.4 Å². The third-order valence-electron chi connectivity index (χ3n) is 5.71. The minimum atomic E-state index is -0.390. The van der Waals surface area contributed by atoms with E-state index in [-0.39, 0.29) is 11.1 Å². The first kappa shape index (κ1) is 20.7. The zero-order valence-corrected chi connectivity index (χ0v) is 17.9. The van der Waals surface area contributed by atoms with Gasteiger partial charge in [-0.3, -0.25) is 4.79 Å². The second-order valence-corrected chi connectivity index (χ2v) is 8.47. The van der Waals surface area contributed by atoms with Crippen molar-refractivity contribution in [2.45, 2.75) is 52.5 Å². The molecule has 0 radical (unpaired) electrons. The molecule has 4 heteroatoms. The molecule has 0 aliphatic carbocycles. The highest BCUT2D eigenvalue weighted by Crippen LogP contribution is 2.43. The lowest BCUT2D eigenvalue weighted by molar-refractivity contribution is -0.112. The molecule has 150 valence electrons. The summed E-state index contributed by atoms with van der Waals surface area (Å²) in [5.41, 5.74) is 5.41. The van der Waals surface area contributed by atoms with Crippen molar-refractivity contribution in [3.63, 3.8) is 0 Å². The molecule has 0 bridgehead atoms. The van der Waals surface area contributed by atoms with Crippen molar-refractivity contribution in [2.75, 3.05) is 16.8 Å². The zero-order chi connectivity index (χ0) is 21.2. The molecule has 1 amide bonds. The highest BCUT2D eigenvalue weighted by atomic mass is 16.1. The Hall–Kier alpha value is -3.06. The number of benzene rings is 2. The normalized spacial score (nSPS) is 18.0. The van der Waals surface area contributed by atoms with Crippen LogP contribution in [0.3, 0.4) is 0 Å². The molecule has 0 saturated carbocycles. The fraction of sp³-hybridized carbons (Fsp3) is 0.360. The summed E-state index contributed by atoms with van der Waals surface area (Å²) in [6.07, 6.45) is 2.74. The van der Waals surface area contributed by atoms with Crippen molar-refractivity contribution in [3.8, 4) is 6.07 Å². The lowest BCUT2D eigenvalue weighted by Gasteiger charge is -2.47. The summed E-state index contributed by atoms with van der Waals surface area (Å²) in [5, 5.41) is 12.3. The maximum absolute atomic E-state index is 12.6. The van der Waals surface area contributed by atoms with Crippen LogP contribution in [-0.2, 0) is 4.79 Å². The van der Waals surface area contributed by atoms with Crippen LogP contribution in [0.2, 0.25) is 0 Å². The Morgan fingerprint density at radius 3 is 2.59 bits per heavy atom. The molecule has 1 N–H and O–H groups in total. The maximum atomic E-state index is 12.6. The quantitative estimate of drug-likeness (QED) is 0.544. The minimum absolute atomic E-state index is 0.0988. The van der Waals surface area contributed by atoms with Gasteiger partial charge in [0.25, 0.3) is 5.91 Å². The van der Waals surface area contributed by atoms with E-state index in [2.05, 4.69) is 50.0 Å². The van der Waals surface area contributed by atoms with Gasteiger partial charge in [0.15, 0.2) is 0 Å². The Bertz CT molecular complexity index is 980. The molecule has 0 spiro atoms. The third kappa shape index (κ3) is 4.35. The van der Waals surface area contributed by atoms with Gasteiger partial charge in [0.1, 0.15) is 11.6 Å². The van der Waals surface area contributed by atoms with Crippen LogP contribution in [0.15, 0.2) is 48.0 Å². The average molecular weight is 388 g/mol. The molecular weight excluding hydrogens is 358 g/mol. The van der Waals surface area contributed by atoms with E-state index in [1.165, 1.54) is 11.3 Å². The Kier molecular flexibility index (Phi) is 5.79. The van der Waals surface area contributed by atoms with E-state index in [0.717, 1.165) is 24.1 Å². The molecule has 2 aromatic carbocycles. The molecule has 1 heterocycles. The smallest absolute Gasteiger partial charge is 0.266 e. The second-order valence-electron chi connectivity index (χ2n) is 8.47. The standard InChI is InChI=1S/C25H29N3O/c1-6-28-23-12-9-19(14-22(23)18(3)15-25(28,4)5)13-20(16-26)24(29)27-21-10-7-17(2)8-11-21/h7-14,18H,6,15H2,1-5H3,(H,27,29)/b20-13+.